The van der Waals surface area contributed by atoms with Crippen LogP contribution in [0.1, 0.15) is 22.0 Å². The molecule has 1 heterocycles. The lowest BCUT2D eigenvalue weighted by Gasteiger charge is -2.15. The van der Waals surface area contributed by atoms with E-state index in [4.69, 9.17) is 5.73 Å². The quantitative estimate of drug-likeness (QED) is 0.901. The first-order valence-electron chi connectivity index (χ1n) is 6.12. The lowest BCUT2D eigenvalue weighted by Crippen LogP contribution is -2.13. The number of hydrogen-bond donors (Lipinski definition) is 2. The second-order valence-electron chi connectivity index (χ2n) is 4.49. The zero-order valence-corrected chi connectivity index (χ0v) is 11.1. The number of rotatable bonds is 3. The Balaban J connectivity index is 1.83. The Kier molecular flexibility index (Phi) is 3.17. The fraction of sp³-hybridized carbons (Fsp3) is 0.133. The second-order valence-corrected chi connectivity index (χ2v) is 5.55. The van der Waals surface area contributed by atoms with Gasteiger partial charge in [-0.05, 0) is 29.8 Å². The molecule has 19 heavy (non-hydrogen) atoms. The summed E-state index contributed by atoms with van der Waals surface area (Å²) in [5.74, 6) is 0.602. The van der Waals surface area contributed by atoms with Crippen molar-refractivity contribution in [3.63, 3.8) is 0 Å². The number of nitrogens with two attached hydrogens (primary N) is 1. The largest absolute Gasteiger partial charge is 0.377 e. The highest BCUT2D eigenvalue weighted by atomic mass is 32.2. The zero-order valence-electron chi connectivity index (χ0n) is 10.3. The molecule has 1 atom stereocenters. The van der Waals surface area contributed by atoms with Crippen LogP contribution in [0.4, 0.5) is 5.69 Å². The van der Waals surface area contributed by atoms with Crippen LogP contribution in [0.3, 0.4) is 0 Å². The minimum Gasteiger partial charge on any atom is -0.377 e. The van der Waals surface area contributed by atoms with Crippen molar-refractivity contribution in [2.75, 3.05) is 11.1 Å². The molecule has 2 aromatic rings. The molecule has 0 radical (unpaired) electrons. The molecule has 0 fully saturated rings. The van der Waals surface area contributed by atoms with E-state index in [0.29, 0.717) is 5.56 Å². The summed E-state index contributed by atoms with van der Waals surface area (Å²) in [5, 5.41) is 3.46. The standard InChI is InChI=1S/C15H14N2OS/c16-15(18)10-4-3-5-11(8-10)17-13-9-19-14-7-2-1-6-12(13)14/h1-8,13,17H,9H2,(H2,16,18). The highest BCUT2D eigenvalue weighted by Gasteiger charge is 2.22. The molecule has 3 rings (SSSR count). The second kappa shape index (κ2) is 4.97. The molecule has 3 N–H and O–H groups in total. The maximum atomic E-state index is 11.2. The Morgan fingerprint density at radius 1 is 1.21 bits per heavy atom. The third-order valence-corrected chi connectivity index (χ3v) is 4.37. The number of benzene rings is 2. The molecular formula is C15H14N2OS. The van der Waals surface area contributed by atoms with Gasteiger partial charge in [-0.3, -0.25) is 4.79 Å². The molecule has 1 amide bonds. The van der Waals surface area contributed by atoms with Crippen LogP contribution < -0.4 is 11.1 Å². The predicted molar refractivity (Wildman–Crippen MR) is 78.5 cm³/mol. The third kappa shape index (κ3) is 2.44. The minimum atomic E-state index is -0.398. The fourth-order valence-corrected chi connectivity index (χ4v) is 3.41. The van der Waals surface area contributed by atoms with Gasteiger partial charge in [0.15, 0.2) is 0 Å². The zero-order chi connectivity index (χ0) is 13.2. The Hall–Kier alpha value is -1.94. The van der Waals surface area contributed by atoms with E-state index in [-0.39, 0.29) is 6.04 Å². The SMILES string of the molecule is NC(=O)c1cccc(NC2CSc3ccccc32)c1. The summed E-state index contributed by atoms with van der Waals surface area (Å²) in [6.07, 6.45) is 0. The van der Waals surface area contributed by atoms with Gasteiger partial charge in [0.25, 0.3) is 0 Å². The van der Waals surface area contributed by atoms with Gasteiger partial charge in [-0.1, -0.05) is 24.3 Å². The van der Waals surface area contributed by atoms with Gasteiger partial charge in [0, 0.05) is 21.9 Å². The number of thioether (sulfide) groups is 1. The van der Waals surface area contributed by atoms with Crippen LogP contribution in [0.2, 0.25) is 0 Å². The summed E-state index contributed by atoms with van der Waals surface area (Å²) in [6, 6.07) is 16.0. The summed E-state index contributed by atoms with van der Waals surface area (Å²) >= 11 is 1.85. The molecule has 0 saturated heterocycles. The van der Waals surface area contributed by atoms with Crippen LogP contribution in [0.25, 0.3) is 0 Å². The molecule has 1 aliphatic rings. The number of fused-ring (bicyclic) bond motifs is 1. The van der Waals surface area contributed by atoms with E-state index < -0.39 is 5.91 Å². The molecule has 96 valence electrons. The topological polar surface area (TPSA) is 55.1 Å². The van der Waals surface area contributed by atoms with Crippen molar-refractivity contribution in [1.29, 1.82) is 0 Å². The van der Waals surface area contributed by atoms with Gasteiger partial charge in [-0.2, -0.15) is 0 Å². The maximum absolute atomic E-state index is 11.2. The van der Waals surface area contributed by atoms with Crippen LogP contribution in [0, 0.1) is 0 Å². The van der Waals surface area contributed by atoms with Crippen molar-refractivity contribution in [2.45, 2.75) is 10.9 Å². The van der Waals surface area contributed by atoms with Crippen LogP contribution >= 0.6 is 11.8 Å². The average molecular weight is 270 g/mol. The Bertz CT molecular complexity index is 627. The predicted octanol–water partition coefficient (Wildman–Crippen LogP) is 3.04. The molecule has 1 aliphatic heterocycles. The molecule has 0 aromatic heterocycles. The number of nitrogens with one attached hydrogen (secondary N) is 1. The maximum Gasteiger partial charge on any atom is 0.248 e. The van der Waals surface area contributed by atoms with Crippen molar-refractivity contribution in [3.8, 4) is 0 Å². The molecule has 3 nitrogen and oxygen atoms in total. The van der Waals surface area contributed by atoms with Crippen LogP contribution in [-0.4, -0.2) is 11.7 Å². The molecule has 0 spiro atoms. The van der Waals surface area contributed by atoms with Crippen LogP contribution in [-0.2, 0) is 0 Å². The Morgan fingerprint density at radius 3 is 2.89 bits per heavy atom. The number of primary amides is 1. The summed E-state index contributed by atoms with van der Waals surface area (Å²) in [6.45, 7) is 0. The first kappa shape index (κ1) is 12.1. The van der Waals surface area contributed by atoms with Crippen molar-refractivity contribution < 1.29 is 4.79 Å². The van der Waals surface area contributed by atoms with E-state index in [1.807, 2.05) is 23.9 Å². The van der Waals surface area contributed by atoms with Crippen LogP contribution in [0.5, 0.6) is 0 Å². The van der Waals surface area contributed by atoms with Gasteiger partial charge in [0.1, 0.15) is 0 Å². The molecule has 1 unspecified atom stereocenters. The Morgan fingerprint density at radius 2 is 2.05 bits per heavy atom. The van der Waals surface area contributed by atoms with Gasteiger partial charge in [-0.15, -0.1) is 11.8 Å². The van der Waals surface area contributed by atoms with Crippen molar-refractivity contribution >= 4 is 23.4 Å². The van der Waals surface area contributed by atoms with Gasteiger partial charge >= 0.3 is 0 Å². The lowest BCUT2D eigenvalue weighted by molar-refractivity contribution is 0.100. The molecule has 0 bridgehead atoms. The highest BCUT2D eigenvalue weighted by Crippen LogP contribution is 2.39. The first-order chi connectivity index (χ1) is 9.24. The molecule has 4 heteroatoms. The minimum absolute atomic E-state index is 0.282. The van der Waals surface area contributed by atoms with Crippen LogP contribution in [0.15, 0.2) is 53.4 Å². The summed E-state index contributed by atoms with van der Waals surface area (Å²) < 4.78 is 0. The molecular weight excluding hydrogens is 256 g/mol. The number of anilines is 1. The molecule has 0 saturated carbocycles. The summed E-state index contributed by atoms with van der Waals surface area (Å²) in [5.41, 5.74) is 8.07. The lowest BCUT2D eigenvalue weighted by atomic mass is 10.1. The number of hydrogen-bond acceptors (Lipinski definition) is 3. The fourth-order valence-electron chi connectivity index (χ4n) is 2.25. The van der Waals surface area contributed by atoms with E-state index >= 15 is 0 Å². The number of amides is 1. The number of carbonyl (C=O) groups is 1. The van der Waals surface area contributed by atoms with Crippen molar-refractivity contribution in [1.82, 2.24) is 0 Å². The smallest absolute Gasteiger partial charge is 0.248 e. The van der Waals surface area contributed by atoms with E-state index in [1.54, 1.807) is 12.1 Å². The third-order valence-electron chi connectivity index (χ3n) is 3.19. The van der Waals surface area contributed by atoms with Gasteiger partial charge in [0.05, 0.1) is 6.04 Å². The van der Waals surface area contributed by atoms with Crippen molar-refractivity contribution in [3.05, 3.63) is 59.7 Å². The monoisotopic (exact) mass is 270 g/mol. The first-order valence-corrected chi connectivity index (χ1v) is 7.11. The van der Waals surface area contributed by atoms with Gasteiger partial charge in [0.2, 0.25) is 5.91 Å². The van der Waals surface area contributed by atoms with E-state index in [9.17, 15) is 4.79 Å². The van der Waals surface area contributed by atoms with Gasteiger partial charge < -0.3 is 11.1 Å². The molecule has 0 aliphatic carbocycles. The normalized spacial score (nSPS) is 16.9. The van der Waals surface area contributed by atoms with Gasteiger partial charge in [-0.25, -0.2) is 0 Å². The van der Waals surface area contributed by atoms with E-state index in [1.165, 1.54) is 10.5 Å². The summed E-state index contributed by atoms with van der Waals surface area (Å²) in [4.78, 5) is 12.5. The Labute approximate surface area is 116 Å². The van der Waals surface area contributed by atoms with E-state index in [2.05, 4.69) is 29.6 Å². The number of carbonyl (C=O) groups excluding carboxylic acids is 1. The highest BCUT2D eigenvalue weighted by molar-refractivity contribution is 7.99. The summed E-state index contributed by atoms with van der Waals surface area (Å²) in [7, 11) is 0. The average Bonchev–Trinajstić information content (AvgIpc) is 2.83. The van der Waals surface area contributed by atoms with E-state index in [0.717, 1.165) is 11.4 Å². The van der Waals surface area contributed by atoms with Crippen molar-refractivity contribution in [2.24, 2.45) is 5.73 Å². The molecule has 2 aromatic carbocycles.